The van der Waals surface area contributed by atoms with Crippen molar-refractivity contribution in [3.8, 4) is 11.8 Å². The standard InChI is InChI=1S/C24H26N2O3/c25-15-22(23(28)16-27)26-24(29)21-13-11-20(12-14-21)10-9-19-7-5-18(6-8-19)4-3-17-1-2-17/h5-8,11-14,17,22,27H,1-4,15-16,25H2,(H,26,29)/t22-/m0/s1. The number of aliphatic hydroxyl groups is 1. The molecule has 0 heterocycles. The Hall–Kier alpha value is -2.94. The number of benzene rings is 2. The van der Waals surface area contributed by atoms with Crippen LogP contribution in [0.4, 0.5) is 0 Å². The first kappa shape index (κ1) is 20.8. The van der Waals surface area contributed by atoms with E-state index in [2.05, 4.69) is 29.3 Å². The van der Waals surface area contributed by atoms with Crippen LogP contribution in [0.2, 0.25) is 0 Å². The van der Waals surface area contributed by atoms with Gasteiger partial charge in [0, 0.05) is 23.2 Å². The van der Waals surface area contributed by atoms with E-state index in [1.807, 2.05) is 12.1 Å². The molecular formula is C24H26N2O3. The van der Waals surface area contributed by atoms with E-state index in [0.717, 1.165) is 23.5 Å². The summed E-state index contributed by atoms with van der Waals surface area (Å²) < 4.78 is 0. The Bertz CT molecular complexity index is 904. The van der Waals surface area contributed by atoms with Gasteiger partial charge in [0.25, 0.3) is 5.91 Å². The van der Waals surface area contributed by atoms with E-state index in [1.54, 1.807) is 24.3 Å². The van der Waals surface area contributed by atoms with Gasteiger partial charge in [-0.05, 0) is 60.7 Å². The number of hydrogen-bond acceptors (Lipinski definition) is 4. The van der Waals surface area contributed by atoms with Crippen LogP contribution in [0.1, 0.15) is 46.3 Å². The number of aryl methyl sites for hydroxylation is 1. The number of rotatable bonds is 8. The molecule has 0 aliphatic heterocycles. The quantitative estimate of drug-likeness (QED) is 0.602. The van der Waals surface area contributed by atoms with Gasteiger partial charge < -0.3 is 16.2 Å². The number of amides is 1. The first-order valence-corrected chi connectivity index (χ1v) is 9.94. The molecule has 0 radical (unpaired) electrons. The third-order valence-electron chi connectivity index (χ3n) is 5.08. The van der Waals surface area contributed by atoms with Crippen molar-refractivity contribution < 1.29 is 14.7 Å². The van der Waals surface area contributed by atoms with E-state index in [0.29, 0.717) is 5.56 Å². The molecule has 0 spiro atoms. The Morgan fingerprint density at radius 2 is 1.62 bits per heavy atom. The van der Waals surface area contributed by atoms with Crippen molar-refractivity contribution in [1.29, 1.82) is 0 Å². The van der Waals surface area contributed by atoms with Crippen molar-refractivity contribution in [1.82, 2.24) is 5.32 Å². The van der Waals surface area contributed by atoms with Crippen molar-refractivity contribution in [3.63, 3.8) is 0 Å². The van der Waals surface area contributed by atoms with Gasteiger partial charge in [-0.15, -0.1) is 0 Å². The highest BCUT2D eigenvalue weighted by Gasteiger charge is 2.20. The molecule has 1 aliphatic rings. The molecule has 5 heteroatoms. The maximum atomic E-state index is 12.2. The number of hydrogen-bond donors (Lipinski definition) is 3. The summed E-state index contributed by atoms with van der Waals surface area (Å²) >= 11 is 0. The maximum Gasteiger partial charge on any atom is 0.251 e. The van der Waals surface area contributed by atoms with Gasteiger partial charge in [0.05, 0.1) is 0 Å². The lowest BCUT2D eigenvalue weighted by Crippen LogP contribution is -2.46. The lowest BCUT2D eigenvalue weighted by atomic mass is 10.1. The highest BCUT2D eigenvalue weighted by molar-refractivity contribution is 5.98. The molecule has 4 N–H and O–H groups in total. The predicted molar refractivity (Wildman–Crippen MR) is 112 cm³/mol. The summed E-state index contributed by atoms with van der Waals surface area (Å²) in [7, 11) is 0. The van der Waals surface area contributed by atoms with E-state index in [4.69, 9.17) is 10.8 Å². The molecular weight excluding hydrogens is 364 g/mol. The highest BCUT2D eigenvalue weighted by Crippen LogP contribution is 2.33. The number of aliphatic hydroxyl groups excluding tert-OH is 1. The lowest BCUT2D eigenvalue weighted by molar-refractivity contribution is -0.123. The summed E-state index contributed by atoms with van der Waals surface area (Å²) in [6.45, 7) is -0.716. The molecule has 0 saturated heterocycles. The van der Waals surface area contributed by atoms with E-state index >= 15 is 0 Å². The molecule has 1 aliphatic carbocycles. The second-order valence-corrected chi connectivity index (χ2v) is 7.39. The van der Waals surface area contributed by atoms with Crippen LogP contribution in [-0.4, -0.2) is 36.0 Å². The molecule has 5 nitrogen and oxygen atoms in total. The van der Waals surface area contributed by atoms with Crippen LogP contribution in [0.15, 0.2) is 48.5 Å². The van der Waals surface area contributed by atoms with E-state index in [-0.39, 0.29) is 6.54 Å². The second kappa shape index (κ2) is 10.0. The summed E-state index contributed by atoms with van der Waals surface area (Å²) in [5.41, 5.74) is 8.98. The molecule has 3 rings (SSSR count). The fraction of sp³-hybridized carbons (Fsp3) is 0.333. The normalized spacial score (nSPS) is 13.9. The third kappa shape index (κ3) is 6.28. The Labute approximate surface area is 171 Å². The molecule has 2 aromatic carbocycles. The number of Topliss-reactive ketones (excluding diaryl/α,β-unsaturated/α-hetero) is 1. The van der Waals surface area contributed by atoms with Crippen LogP contribution in [0.3, 0.4) is 0 Å². The average Bonchev–Trinajstić information content (AvgIpc) is 3.59. The Balaban J connectivity index is 1.57. The zero-order chi connectivity index (χ0) is 20.6. The Morgan fingerprint density at radius 3 is 2.14 bits per heavy atom. The van der Waals surface area contributed by atoms with Crippen molar-refractivity contribution in [3.05, 3.63) is 70.8 Å². The zero-order valence-corrected chi connectivity index (χ0v) is 16.4. The van der Waals surface area contributed by atoms with Crippen LogP contribution >= 0.6 is 0 Å². The fourth-order valence-corrected chi connectivity index (χ4v) is 3.00. The predicted octanol–water partition coefficient (Wildman–Crippen LogP) is 2.05. The molecule has 0 bridgehead atoms. The smallest absolute Gasteiger partial charge is 0.251 e. The summed E-state index contributed by atoms with van der Waals surface area (Å²) in [4.78, 5) is 23.7. The number of nitrogens with two attached hydrogens (primary N) is 1. The van der Waals surface area contributed by atoms with Crippen LogP contribution in [0.5, 0.6) is 0 Å². The monoisotopic (exact) mass is 390 g/mol. The summed E-state index contributed by atoms with van der Waals surface area (Å²) in [6, 6.07) is 14.3. The van der Waals surface area contributed by atoms with Gasteiger partial charge in [-0.25, -0.2) is 0 Å². The zero-order valence-electron chi connectivity index (χ0n) is 16.4. The molecule has 1 atom stereocenters. The van der Waals surface area contributed by atoms with Gasteiger partial charge in [-0.2, -0.15) is 0 Å². The van der Waals surface area contributed by atoms with Crippen molar-refractivity contribution in [2.24, 2.45) is 11.7 Å². The van der Waals surface area contributed by atoms with Crippen LogP contribution in [-0.2, 0) is 11.2 Å². The molecule has 1 saturated carbocycles. The van der Waals surface area contributed by atoms with Crippen molar-refractivity contribution >= 4 is 11.7 Å². The van der Waals surface area contributed by atoms with Crippen LogP contribution in [0.25, 0.3) is 0 Å². The van der Waals surface area contributed by atoms with Crippen LogP contribution in [0, 0.1) is 17.8 Å². The summed E-state index contributed by atoms with van der Waals surface area (Å²) in [5, 5.41) is 11.4. The summed E-state index contributed by atoms with van der Waals surface area (Å²) in [6.07, 6.45) is 5.19. The second-order valence-electron chi connectivity index (χ2n) is 7.39. The maximum absolute atomic E-state index is 12.2. The number of nitrogens with one attached hydrogen (secondary N) is 1. The minimum Gasteiger partial charge on any atom is -0.388 e. The van der Waals surface area contributed by atoms with Gasteiger partial charge in [-0.3, -0.25) is 9.59 Å². The van der Waals surface area contributed by atoms with Gasteiger partial charge >= 0.3 is 0 Å². The summed E-state index contributed by atoms with van der Waals surface area (Å²) in [5.74, 6) is 6.25. The molecule has 0 unspecified atom stereocenters. The van der Waals surface area contributed by atoms with Gasteiger partial charge in [0.2, 0.25) is 0 Å². The molecule has 0 aromatic heterocycles. The first-order valence-electron chi connectivity index (χ1n) is 9.94. The Kier molecular flexibility index (Phi) is 7.18. The average molecular weight is 390 g/mol. The van der Waals surface area contributed by atoms with Gasteiger partial charge in [0.1, 0.15) is 12.6 Å². The molecule has 150 valence electrons. The minimum atomic E-state index is -0.890. The van der Waals surface area contributed by atoms with E-state index in [1.165, 1.54) is 24.8 Å². The lowest BCUT2D eigenvalue weighted by Gasteiger charge is -2.14. The molecule has 29 heavy (non-hydrogen) atoms. The number of carbonyl (C=O) groups excluding carboxylic acids is 2. The largest absolute Gasteiger partial charge is 0.388 e. The number of ketones is 1. The fourth-order valence-electron chi connectivity index (χ4n) is 3.00. The SMILES string of the molecule is NC[C@H](NC(=O)c1ccc(C#Cc2ccc(CCC3CC3)cc2)cc1)C(=O)CO. The minimum absolute atomic E-state index is 0.0614. The van der Waals surface area contributed by atoms with Crippen molar-refractivity contribution in [2.75, 3.05) is 13.2 Å². The highest BCUT2D eigenvalue weighted by atomic mass is 16.3. The number of carbonyl (C=O) groups is 2. The van der Waals surface area contributed by atoms with Gasteiger partial charge in [-0.1, -0.05) is 36.8 Å². The van der Waals surface area contributed by atoms with Crippen molar-refractivity contribution in [2.45, 2.75) is 31.7 Å². The van der Waals surface area contributed by atoms with Crippen LogP contribution < -0.4 is 11.1 Å². The van der Waals surface area contributed by atoms with Gasteiger partial charge in [0.15, 0.2) is 5.78 Å². The topological polar surface area (TPSA) is 92.4 Å². The molecule has 2 aromatic rings. The molecule has 1 amide bonds. The Morgan fingerprint density at radius 1 is 1.03 bits per heavy atom. The van der Waals surface area contributed by atoms with E-state index < -0.39 is 24.3 Å². The molecule has 1 fully saturated rings. The first-order chi connectivity index (χ1) is 14.1. The van der Waals surface area contributed by atoms with E-state index in [9.17, 15) is 9.59 Å². The third-order valence-corrected chi connectivity index (χ3v) is 5.08.